The fraction of sp³-hybridized carbons (Fsp3) is 0.154. The zero-order chi connectivity index (χ0) is 26.1. The molecule has 8 nitrogen and oxygen atoms in total. The van der Waals surface area contributed by atoms with E-state index in [2.05, 4.69) is 26.6 Å². The number of anilines is 3. The summed E-state index contributed by atoms with van der Waals surface area (Å²) in [4.78, 5) is 25.2. The van der Waals surface area contributed by atoms with Gasteiger partial charge in [-0.15, -0.1) is 0 Å². The molecule has 3 rings (SSSR count). The number of rotatable bonds is 9. The number of phenolic OH excluding ortho intramolecular Hbond substituents is 1. The molecule has 0 aromatic heterocycles. The van der Waals surface area contributed by atoms with E-state index >= 15 is 0 Å². The number of carbonyl (C=O) groups excluding carboxylic acids is 2. The normalized spacial score (nSPS) is 12.6. The Morgan fingerprint density at radius 1 is 1.11 bits per heavy atom. The van der Waals surface area contributed by atoms with Gasteiger partial charge >= 0.3 is 6.09 Å². The van der Waals surface area contributed by atoms with Crippen LogP contribution < -0.4 is 16.4 Å². The lowest BCUT2D eigenvalue weighted by molar-refractivity contribution is -0.112. The summed E-state index contributed by atoms with van der Waals surface area (Å²) in [6.07, 6.45) is -0.322. The number of benzene rings is 3. The summed E-state index contributed by atoms with van der Waals surface area (Å²) in [5.41, 5.74) is 7.38. The molecule has 3 aromatic carbocycles. The molecular formula is C26H25BrFN3O5. The summed E-state index contributed by atoms with van der Waals surface area (Å²) in [5.74, 6) is -1.95. The number of phenols is 1. The molecule has 2 amide bonds. The van der Waals surface area contributed by atoms with E-state index in [0.717, 1.165) is 16.6 Å². The average molecular weight is 558 g/mol. The third-order valence-electron chi connectivity index (χ3n) is 4.94. The summed E-state index contributed by atoms with van der Waals surface area (Å²) < 4.78 is 26.3. The Balaban J connectivity index is 1.84. The highest BCUT2D eigenvalue weighted by molar-refractivity contribution is 9.10. The minimum absolute atomic E-state index is 0.205. The van der Waals surface area contributed by atoms with Gasteiger partial charge in [0.25, 0.3) is 0 Å². The molecule has 0 saturated carbocycles. The molecule has 0 aliphatic carbocycles. The Hall–Kier alpha value is -3.89. The molecule has 0 saturated heterocycles. The Morgan fingerprint density at radius 3 is 2.50 bits per heavy atom. The first-order chi connectivity index (χ1) is 17.3. The Labute approximate surface area is 216 Å². The van der Waals surface area contributed by atoms with E-state index < -0.39 is 35.8 Å². The highest BCUT2D eigenvalue weighted by Gasteiger charge is 2.27. The molecule has 0 bridgehead atoms. The number of hydrogen-bond acceptors (Lipinski definition) is 6. The van der Waals surface area contributed by atoms with E-state index in [0.29, 0.717) is 17.1 Å². The monoisotopic (exact) mass is 557 g/mol. The first-order valence-corrected chi connectivity index (χ1v) is 11.7. The predicted octanol–water partition coefficient (Wildman–Crippen LogP) is 5.77. The van der Waals surface area contributed by atoms with Gasteiger partial charge in [0.1, 0.15) is 6.10 Å². The van der Waals surface area contributed by atoms with Gasteiger partial charge in [-0.3, -0.25) is 10.1 Å². The Bertz CT molecular complexity index is 1240. The molecular weight excluding hydrogens is 533 g/mol. The summed E-state index contributed by atoms with van der Waals surface area (Å²) in [7, 11) is 0. The third-order valence-corrected chi connectivity index (χ3v) is 5.47. The molecule has 5 N–H and O–H groups in total. The van der Waals surface area contributed by atoms with Crippen LogP contribution in [0.2, 0.25) is 0 Å². The fourth-order valence-corrected chi connectivity index (χ4v) is 3.49. The van der Waals surface area contributed by atoms with Crippen LogP contribution in [0.4, 0.5) is 26.2 Å². The van der Waals surface area contributed by atoms with E-state index in [4.69, 9.17) is 15.2 Å². The van der Waals surface area contributed by atoms with Gasteiger partial charge in [-0.1, -0.05) is 34.1 Å². The van der Waals surface area contributed by atoms with Crippen LogP contribution in [-0.4, -0.2) is 29.8 Å². The van der Waals surface area contributed by atoms with Gasteiger partial charge in [0, 0.05) is 22.8 Å². The standard InChI is InChI=1S/C26H25BrFN3O5/c1-2-35-23(13-14-24(33)31-21-6-4-3-5-20(21)29)25(16-7-12-22(32)19(28)15-16)36-26(34)30-18-10-8-17(27)9-11-18/h3-15,23,25,32H,2,29H2,1H3,(H,30,34)(H,31,33)/b14-13+/t23-,25-/m0/s1. The van der Waals surface area contributed by atoms with Crippen LogP contribution in [0.25, 0.3) is 0 Å². The maximum Gasteiger partial charge on any atom is 0.412 e. The molecule has 188 valence electrons. The minimum atomic E-state index is -1.15. The highest BCUT2D eigenvalue weighted by Crippen LogP contribution is 2.29. The molecule has 3 aromatic rings. The minimum Gasteiger partial charge on any atom is -0.505 e. The Kier molecular flexibility index (Phi) is 9.43. The largest absolute Gasteiger partial charge is 0.505 e. The van der Waals surface area contributed by atoms with E-state index in [9.17, 15) is 19.1 Å². The van der Waals surface area contributed by atoms with Crippen molar-refractivity contribution >= 4 is 45.0 Å². The zero-order valence-electron chi connectivity index (χ0n) is 19.3. The molecule has 0 heterocycles. The molecule has 36 heavy (non-hydrogen) atoms. The van der Waals surface area contributed by atoms with Crippen molar-refractivity contribution in [2.45, 2.75) is 19.1 Å². The summed E-state index contributed by atoms with van der Waals surface area (Å²) >= 11 is 3.32. The van der Waals surface area contributed by atoms with Gasteiger partial charge < -0.3 is 25.6 Å². The van der Waals surface area contributed by atoms with Crippen molar-refractivity contribution in [3.8, 4) is 5.75 Å². The van der Waals surface area contributed by atoms with Gasteiger partial charge in [0.15, 0.2) is 17.7 Å². The van der Waals surface area contributed by atoms with Crippen molar-refractivity contribution in [1.82, 2.24) is 0 Å². The quantitative estimate of drug-likeness (QED) is 0.196. The van der Waals surface area contributed by atoms with Gasteiger partial charge in [-0.2, -0.15) is 0 Å². The second kappa shape index (κ2) is 12.7. The number of carbonyl (C=O) groups is 2. The van der Waals surface area contributed by atoms with Crippen molar-refractivity contribution in [1.29, 1.82) is 0 Å². The van der Waals surface area contributed by atoms with E-state index in [-0.39, 0.29) is 12.2 Å². The number of amides is 2. The molecule has 0 unspecified atom stereocenters. The lowest BCUT2D eigenvalue weighted by atomic mass is 10.0. The fourth-order valence-electron chi connectivity index (χ4n) is 3.22. The maximum atomic E-state index is 14.2. The second-order valence-electron chi connectivity index (χ2n) is 7.52. The number of halogens is 2. The van der Waals surface area contributed by atoms with Crippen LogP contribution in [0, 0.1) is 5.82 Å². The van der Waals surface area contributed by atoms with Crippen LogP contribution in [-0.2, 0) is 14.3 Å². The van der Waals surface area contributed by atoms with E-state index in [1.807, 2.05) is 0 Å². The molecule has 0 spiro atoms. The lowest BCUT2D eigenvalue weighted by Crippen LogP contribution is -2.28. The van der Waals surface area contributed by atoms with Crippen molar-refractivity contribution in [2.24, 2.45) is 0 Å². The summed E-state index contributed by atoms with van der Waals surface area (Å²) in [5, 5.41) is 14.9. The van der Waals surface area contributed by atoms with E-state index in [1.54, 1.807) is 55.5 Å². The molecule has 0 aliphatic rings. The summed E-state index contributed by atoms with van der Waals surface area (Å²) in [6, 6.07) is 17.2. The highest BCUT2D eigenvalue weighted by atomic mass is 79.9. The van der Waals surface area contributed by atoms with Gasteiger partial charge in [-0.25, -0.2) is 9.18 Å². The van der Waals surface area contributed by atoms with Crippen molar-refractivity contribution in [2.75, 3.05) is 23.0 Å². The maximum absolute atomic E-state index is 14.2. The molecule has 0 aliphatic heterocycles. The van der Waals surface area contributed by atoms with Gasteiger partial charge in [-0.05, 0) is 67.1 Å². The Morgan fingerprint density at radius 2 is 1.83 bits per heavy atom. The van der Waals surface area contributed by atoms with Crippen LogP contribution in [0.15, 0.2) is 83.4 Å². The average Bonchev–Trinajstić information content (AvgIpc) is 2.85. The number of nitrogens with two attached hydrogens (primary N) is 1. The van der Waals surface area contributed by atoms with Crippen LogP contribution in [0.5, 0.6) is 5.75 Å². The van der Waals surface area contributed by atoms with Crippen LogP contribution >= 0.6 is 15.9 Å². The van der Waals surface area contributed by atoms with Gasteiger partial charge in [0.2, 0.25) is 5.91 Å². The lowest BCUT2D eigenvalue weighted by Gasteiger charge is -2.25. The predicted molar refractivity (Wildman–Crippen MR) is 139 cm³/mol. The first kappa shape index (κ1) is 26.7. The van der Waals surface area contributed by atoms with Crippen LogP contribution in [0.1, 0.15) is 18.6 Å². The van der Waals surface area contributed by atoms with Crippen molar-refractivity contribution in [3.05, 3.63) is 94.7 Å². The topological polar surface area (TPSA) is 123 Å². The molecule has 10 heteroatoms. The smallest absolute Gasteiger partial charge is 0.412 e. The number of ether oxygens (including phenoxy) is 2. The van der Waals surface area contributed by atoms with Crippen LogP contribution in [0.3, 0.4) is 0 Å². The number of nitrogens with one attached hydrogen (secondary N) is 2. The van der Waals surface area contributed by atoms with E-state index in [1.165, 1.54) is 18.2 Å². The first-order valence-electron chi connectivity index (χ1n) is 10.9. The zero-order valence-corrected chi connectivity index (χ0v) is 20.9. The third kappa shape index (κ3) is 7.56. The van der Waals surface area contributed by atoms with Gasteiger partial charge in [0.05, 0.1) is 11.4 Å². The molecule has 2 atom stereocenters. The molecule has 0 fully saturated rings. The summed E-state index contributed by atoms with van der Waals surface area (Å²) in [6.45, 7) is 1.93. The second-order valence-corrected chi connectivity index (χ2v) is 8.44. The van der Waals surface area contributed by atoms with Crippen molar-refractivity contribution in [3.63, 3.8) is 0 Å². The van der Waals surface area contributed by atoms with Crippen molar-refractivity contribution < 1.29 is 28.6 Å². The molecule has 0 radical (unpaired) electrons. The number of aromatic hydroxyl groups is 1. The number of para-hydroxylation sites is 2. The number of hydrogen-bond donors (Lipinski definition) is 4. The number of nitrogen functional groups attached to an aromatic ring is 1. The SMILES string of the molecule is CCO[C@@H](/C=C/C(=O)Nc1ccccc1N)[C@@H](OC(=O)Nc1ccc(Br)cc1)c1ccc(O)c(F)c1.